The lowest BCUT2D eigenvalue weighted by Gasteiger charge is -2.24. The largest absolute Gasteiger partial charge is 0.354 e. The number of hydrogen-bond donors (Lipinski definition) is 1. The van der Waals surface area contributed by atoms with E-state index < -0.39 is 5.56 Å². The second-order valence-corrected chi connectivity index (χ2v) is 8.98. The van der Waals surface area contributed by atoms with Crippen molar-refractivity contribution in [2.75, 3.05) is 13.1 Å². The van der Waals surface area contributed by atoms with Crippen LogP contribution in [0.1, 0.15) is 27.4 Å². The molecule has 2 amide bonds. The van der Waals surface area contributed by atoms with Crippen LogP contribution in [-0.4, -0.2) is 39.6 Å². The predicted molar refractivity (Wildman–Crippen MR) is 137 cm³/mol. The van der Waals surface area contributed by atoms with Crippen LogP contribution in [0.4, 0.5) is 4.39 Å². The predicted octanol–water partition coefficient (Wildman–Crippen LogP) is 3.61. The highest BCUT2D eigenvalue weighted by molar-refractivity contribution is 5.98. The van der Waals surface area contributed by atoms with Crippen LogP contribution in [0.3, 0.4) is 0 Å². The number of rotatable bonds is 8. The lowest BCUT2D eigenvalue weighted by molar-refractivity contribution is -0.122. The molecular formula is C29H25FN4O3. The van der Waals surface area contributed by atoms with Gasteiger partial charge in [-0.3, -0.25) is 14.4 Å². The van der Waals surface area contributed by atoms with E-state index in [9.17, 15) is 18.8 Å². The Kier molecular flexibility index (Phi) is 6.89. The summed E-state index contributed by atoms with van der Waals surface area (Å²) >= 11 is 0. The Balaban J connectivity index is 1.28. The highest BCUT2D eigenvalue weighted by Crippen LogP contribution is 2.26. The van der Waals surface area contributed by atoms with Gasteiger partial charge in [-0.2, -0.15) is 5.10 Å². The molecule has 0 aliphatic carbocycles. The average molecular weight is 497 g/mol. The number of benzene rings is 3. The van der Waals surface area contributed by atoms with Gasteiger partial charge in [0.25, 0.3) is 11.5 Å². The first-order chi connectivity index (χ1) is 18.0. The molecule has 1 aliphatic rings. The van der Waals surface area contributed by atoms with E-state index in [4.69, 9.17) is 0 Å². The quantitative estimate of drug-likeness (QED) is 0.404. The highest BCUT2D eigenvalue weighted by atomic mass is 19.1. The maximum Gasteiger partial charge on any atom is 0.267 e. The first-order valence-corrected chi connectivity index (χ1v) is 12.0. The third-order valence-corrected chi connectivity index (χ3v) is 6.45. The van der Waals surface area contributed by atoms with E-state index in [0.717, 1.165) is 15.8 Å². The number of carbonyl (C=O) groups is 2. The van der Waals surface area contributed by atoms with Crippen molar-refractivity contribution in [3.8, 4) is 11.3 Å². The second-order valence-electron chi connectivity index (χ2n) is 8.98. The molecule has 7 nitrogen and oxygen atoms in total. The van der Waals surface area contributed by atoms with Crippen LogP contribution in [0.25, 0.3) is 11.3 Å². The van der Waals surface area contributed by atoms with E-state index in [1.54, 1.807) is 23.1 Å². The molecule has 2 heterocycles. The Morgan fingerprint density at radius 1 is 0.919 bits per heavy atom. The summed E-state index contributed by atoms with van der Waals surface area (Å²) < 4.78 is 14.3. The first kappa shape index (κ1) is 24.1. The standard InChI is InChI=1S/C29H25FN4O3/c30-24-12-10-21(11-13-24)26-14-15-28(36)34(32-26)19-27(35)31-16-23(20-6-2-1-3-7-20)18-33-17-22-8-4-5-9-25(22)29(33)37/h1-15,23H,16-19H2,(H,31,35)/t23-/m0/s1. The number of aromatic nitrogens is 2. The van der Waals surface area contributed by atoms with Crippen LogP contribution >= 0.6 is 0 Å². The Morgan fingerprint density at radius 2 is 1.65 bits per heavy atom. The lowest BCUT2D eigenvalue weighted by Crippen LogP contribution is -2.38. The molecular weight excluding hydrogens is 471 g/mol. The van der Waals surface area contributed by atoms with E-state index in [-0.39, 0.29) is 36.6 Å². The van der Waals surface area contributed by atoms with Gasteiger partial charge in [0.15, 0.2) is 0 Å². The summed E-state index contributed by atoms with van der Waals surface area (Å²) in [5.74, 6) is -0.901. The second kappa shape index (κ2) is 10.6. The van der Waals surface area contributed by atoms with Crippen LogP contribution in [0.2, 0.25) is 0 Å². The van der Waals surface area contributed by atoms with Gasteiger partial charge < -0.3 is 10.2 Å². The number of nitrogens with zero attached hydrogens (tertiary/aromatic N) is 3. The van der Waals surface area contributed by atoms with Crippen molar-refractivity contribution in [3.05, 3.63) is 124 Å². The van der Waals surface area contributed by atoms with Crippen LogP contribution in [-0.2, 0) is 17.9 Å². The van der Waals surface area contributed by atoms with E-state index in [2.05, 4.69) is 10.4 Å². The molecule has 4 aromatic rings. The number of hydrogen-bond acceptors (Lipinski definition) is 4. The Labute approximate surface area is 213 Å². The summed E-state index contributed by atoms with van der Waals surface area (Å²) in [6, 6.07) is 25.9. The molecule has 8 heteroatoms. The molecule has 0 radical (unpaired) electrons. The number of amides is 2. The Hall–Kier alpha value is -4.59. The van der Waals surface area contributed by atoms with Crippen LogP contribution in [0, 0.1) is 5.82 Å². The van der Waals surface area contributed by atoms with Gasteiger partial charge in [0.2, 0.25) is 5.91 Å². The molecule has 1 aromatic heterocycles. The topological polar surface area (TPSA) is 84.3 Å². The molecule has 1 N–H and O–H groups in total. The van der Waals surface area contributed by atoms with E-state index in [1.165, 1.54) is 18.2 Å². The molecule has 3 aromatic carbocycles. The van der Waals surface area contributed by atoms with Gasteiger partial charge in [0, 0.05) is 42.7 Å². The van der Waals surface area contributed by atoms with Crippen molar-refractivity contribution >= 4 is 11.8 Å². The Morgan fingerprint density at radius 3 is 2.41 bits per heavy atom. The number of nitrogens with one attached hydrogen (secondary N) is 1. The third kappa shape index (κ3) is 5.48. The zero-order valence-electron chi connectivity index (χ0n) is 20.0. The van der Waals surface area contributed by atoms with Crippen molar-refractivity contribution in [2.45, 2.75) is 19.0 Å². The number of fused-ring (bicyclic) bond motifs is 1. The summed E-state index contributed by atoms with van der Waals surface area (Å²) in [6.07, 6.45) is 0. The van der Waals surface area contributed by atoms with Gasteiger partial charge in [-0.25, -0.2) is 9.07 Å². The van der Waals surface area contributed by atoms with Gasteiger partial charge in [0.05, 0.1) is 5.69 Å². The fourth-order valence-corrected chi connectivity index (χ4v) is 4.51. The van der Waals surface area contributed by atoms with Crippen molar-refractivity contribution in [1.82, 2.24) is 20.0 Å². The van der Waals surface area contributed by atoms with Gasteiger partial charge in [-0.05, 0) is 47.5 Å². The molecule has 0 fully saturated rings. The zero-order chi connectivity index (χ0) is 25.8. The van der Waals surface area contributed by atoms with Crippen molar-refractivity contribution < 1.29 is 14.0 Å². The highest BCUT2D eigenvalue weighted by Gasteiger charge is 2.29. The van der Waals surface area contributed by atoms with Gasteiger partial charge >= 0.3 is 0 Å². The molecule has 0 unspecified atom stereocenters. The summed E-state index contributed by atoms with van der Waals surface area (Å²) in [6.45, 7) is 0.997. The smallest absolute Gasteiger partial charge is 0.267 e. The monoisotopic (exact) mass is 496 g/mol. The summed E-state index contributed by atoms with van der Waals surface area (Å²) in [5, 5.41) is 7.19. The van der Waals surface area contributed by atoms with Crippen LogP contribution in [0.15, 0.2) is 95.8 Å². The van der Waals surface area contributed by atoms with E-state index in [0.29, 0.717) is 29.9 Å². The van der Waals surface area contributed by atoms with Crippen molar-refractivity contribution in [1.29, 1.82) is 0 Å². The fraction of sp³-hybridized carbons (Fsp3) is 0.172. The third-order valence-electron chi connectivity index (χ3n) is 6.45. The minimum absolute atomic E-state index is 0.0174. The minimum atomic E-state index is -0.416. The maximum absolute atomic E-state index is 13.3. The number of halogens is 1. The molecule has 0 saturated heterocycles. The first-order valence-electron chi connectivity index (χ1n) is 12.0. The molecule has 186 valence electrons. The SMILES string of the molecule is O=C(Cn1nc(-c2ccc(F)cc2)ccc1=O)NC[C@@H](CN1Cc2ccccc2C1=O)c1ccccc1. The zero-order valence-corrected chi connectivity index (χ0v) is 20.0. The van der Waals surface area contributed by atoms with Gasteiger partial charge in [-0.15, -0.1) is 0 Å². The van der Waals surface area contributed by atoms with Gasteiger partial charge in [0.1, 0.15) is 12.4 Å². The van der Waals surface area contributed by atoms with E-state index >= 15 is 0 Å². The molecule has 5 rings (SSSR count). The van der Waals surface area contributed by atoms with E-state index in [1.807, 2.05) is 54.6 Å². The van der Waals surface area contributed by atoms with Crippen LogP contribution in [0.5, 0.6) is 0 Å². The molecule has 1 atom stereocenters. The summed E-state index contributed by atoms with van der Waals surface area (Å²) in [4.78, 5) is 39.9. The maximum atomic E-state index is 13.3. The molecule has 37 heavy (non-hydrogen) atoms. The number of carbonyl (C=O) groups excluding carboxylic acids is 2. The van der Waals surface area contributed by atoms with Crippen molar-refractivity contribution in [3.63, 3.8) is 0 Å². The summed E-state index contributed by atoms with van der Waals surface area (Å²) in [5.41, 5.74) is 3.39. The fourth-order valence-electron chi connectivity index (χ4n) is 4.51. The Bertz CT molecular complexity index is 1490. The molecule has 0 spiro atoms. The molecule has 0 bridgehead atoms. The van der Waals surface area contributed by atoms with Crippen LogP contribution < -0.4 is 10.9 Å². The average Bonchev–Trinajstić information content (AvgIpc) is 3.24. The minimum Gasteiger partial charge on any atom is -0.354 e. The van der Waals surface area contributed by atoms with Gasteiger partial charge in [-0.1, -0.05) is 48.5 Å². The molecule has 1 aliphatic heterocycles. The van der Waals surface area contributed by atoms with Crippen molar-refractivity contribution in [2.24, 2.45) is 0 Å². The summed E-state index contributed by atoms with van der Waals surface area (Å²) in [7, 11) is 0. The lowest BCUT2D eigenvalue weighted by atomic mass is 9.98. The molecule has 0 saturated carbocycles. The normalized spacial score (nSPS) is 13.3.